The van der Waals surface area contributed by atoms with Gasteiger partial charge in [-0.2, -0.15) is 5.10 Å². The maximum atomic E-state index is 6.72. The zero-order valence-corrected chi connectivity index (χ0v) is 17.2. The third kappa shape index (κ3) is 2.94. The molecular formula is C23H27N3O3. The van der Waals surface area contributed by atoms with Crippen LogP contribution in [0, 0.1) is 0 Å². The van der Waals surface area contributed by atoms with Gasteiger partial charge in [0.05, 0.1) is 26.0 Å². The van der Waals surface area contributed by atoms with Gasteiger partial charge in [0.1, 0.15) is 5.75 Å². The molecule has 3 aliphatic rings. The number of rotatable bonds is 3. The van der Waals surface area contributed by atoms with Crippen LogP contribution in [0.2, 0.25) is 0 Å². The number of piperidine rings is 1. The van der Waals surface area contributed by atoms with Gasteiger partial charge in [0.2, 0.25) is 5.72 Å². The minimum atomic E-state index is -0.431. The van der Waals surface area contributed by atoms with Gasteiger partial charge in [-0.1, -0.05) is 24.3 Å². The second-order valence-corrected chi connectivity index (χ2v) is 8.07. The summed E-state index contributed by atoms with van der Waals surface area (Å²) in [6.07, 6.45) is 2.66. The van der Waals surface area contributed by atoms with Crippen molar-refractivity contribution in [3.63, 3.8) is 0 Å². The largest absolute Gasteiger partial charge is 0.497 e. The standard InChI is InChI=1S/C23H27N3O3/c1-25-12-10-23(11-13-25)26-20(18-8-5-9-21(28-3)22(18)29-23)15-19(24-26)16-6-4-7-17(14-16)27-2/h4-9,14,20H,10-13,15H2,1-3H3/t20-/m1/s1. The van der Waals surface area contributed by atoms with E-state index in [2.05, 4.69) is 35.2 Å². The van der Waals surface area contributed by atoms with Crippen LogP contribution in [0.3, 0.4) is 0 Å². The van der Waals surface area contributed by atoms with Crippen molar-refractivity contribution in [3.8, 4) is 17.2 Å². The molecule has 0 aromatic heterocycles. The molecule has 0 aliphatic carbocycles. The summed E-state index contributed by atoms with van der Waals surface area (Å²) in [5.74, 6) is 2.53. The fourth-order valence-electron chi connectivity index (χ4n) is 4.71. The maximum Gasteiger partial charge on any atom is 0.200 e. The number of fused-ring (bicyclic) bond motifs is 4. The number of hydrazone groups is 1. The Morgan fingerprint density at radius 2 is 1.86 bits per heavy atom. The van der Waals surface area contributed by atoms with E-state index in [0.29, 0.717) is 0 Å². The first-order valence-electron chi connectivity index (χ1n) is 10.2. The number of hydrogen-bond acceptors (Lipinski definition) is 6. The van der Waals surface area contributed by atoms with Gasteiger partial charge in [0.25, 0.3) is 0 Å². The maximum absolute atomic E-state index is 6.72. The molecule has 29 heavy (non-hydrogen) atoms. The molecule has 0 radical (unpaired) electrons. The first kappa shape index (κ1) is 18.3. The average Bonchev–Trinajstić information content (AvgIpc) is 3.22. The van der Waals surface area contributed by atoms with Gasteiger partial charge in [-0.3, -0.25) is 0 Å². The minimum Gasteiger partial charge on any atom is -0.497 e. The van der Waals surface area contributed by atoms with Crippen LogP contribution in [0.15, 0.2) is 47.6 Å². The van der Waals surface area contributed by atoms with Gasteiger partial charge in [-0.05, 0) is 25.2 Å². The van der Waals surface area contributed by atoms with Gasteiger partial charge in [-0.15, -0.1) is 0 Å². The Morgan fingerprint density at radius 1 is 1.07 bits per heavy atom. The predicted molar refractivity (Wildman–Crippen MR) is 112 cm³/mol. The Kier molecular flexibility index (Phi) is 4.39. The number of para-hydroxylation sites is 1. The highest BCUT2D eigenvalue weighted by Gasteiger charge is 2.52. The summed E-state index contributed by atoms with van der Waals surface area (Å²) < 4.78 is 17.8. The van der Waals surface area contributed by atoms with Crippen LogP contribution in [0.25, 0.3) is 0 Å². The molecule has 152 valence electrons. The van der Waals surface area contributed by atoms with Gasteiger partial charge < -0.3 is 19.1 Å². The van der Waals surface area contributed by atoms with Crippen molar-refractivity contribution in [2.24, 2.45) is 5.10 Å². The molecule has 5 rings (SSSR count). The Bertz CT molecular complexity index is 950. The number of likely N-dealkylation sites (tertiary alicyclic amines) is 1. The van der Waals surface area contributed by atoms with Crippen molar-refractivity contribution in [2.45, 2.75) is 31.0 Å². The van der Waals surface area contributed by atoms with Crippen molar-refractivity contribution >= 4 is 5.71 Å². The van der Waals surface area contributed by atoms with Crippen molar-refractivity contribution in [1.82, 2.24) is 9.91 Å². The number of hydrogen-bond donors (Lipinski definition) is 0. The van der Waals surface area contributed by atoms with Gasteiger partial charge in [-0.25, -0.2) is 5.01 Å². The second kappa shape index (κ2) is 6.95. The molecule has 0 saturated carbocycles. The third-order valence-electron chi connectivity index (χ3n) is 6.38. The van der Waals surface area contributed by atoms with Gasteiger partial charge >= 0.3 is 0 Å². The van der Waals surface area contributed by atoms with Gasteiger partial charge in [0, 0.05) is 43.5 Å². The highest BCUT2D eigenvalue weighted by Crippen LogP contribution is 2.52. The van der Waals surface area contributed by atoms with E-state index in [0.717, 1.165) is 66.4 Å². The molecule has 6 heteroatoms. The van der Waals surface area contributed by atoms with E-state index in [9.17, 15) is 0 Å². The Labute approximate surface area is 171 Å². The topological polar surface area (TPSA) is 46.5 Å². The zero-order valence-electron chi connectivity index (χ0n) is 17.2. The van der Waals surface area contributed by atoms with Crippen LogP contribution >= 0.6 is 0 Å². The van der Waals surface area contributed by atoms with E-state index in [-0.39, 0.29) is 6.04 Å². The SMILES string of the molecule is COc1cccc(C2=NN3[C@H](C2)c2cccc(OC)c2OC32CCN(C)CC2)c1. The summed E-state index contributed by atoms with van der Waals surface area (Å²) in [5.41, 5.74) is 2.90. The van der Waals surface area contributed by atoms with Crippen molar-refractivity contribution in [2.75, 3.05) is 34.4 Å². The zero-order chi connectivity index (χ0) is 20.0. The summed E-state index contributed by atoms with van der Waals surface area (Å²) in [6, 6.07) is 14.5. The molecule has 2 aromatic carbocycles. The molecule has 2 aromatic rings. The molecule has 1 atom stereocenters. The van der Waals surface area contributed by atoms with Crippen LogP contribution in [0.4, 0.5) is 0 Å². The minimum absolute atomic E-state index is 0.151. The monoisotopic (exact) mass is 393 g/mol. The smallest absolute Gasteiger partial charge is 0.200 e. The van der Waals surface area contributed by atoms with E-state index >= 15 is 0 Å². The first-order valence-corrected chi connectivity index (χ1v) is 10.2. The average molecular weight is 393 g/mol. The molecule has 3 heterocycles. The van der Waals surface area contributed by atoms with Crippen molar-refractivity contribution in [3.05, 3.63) is 53.6 Å². The molecule has 0 unspecified atom stereocenters. The highest BCUT2D eigenvalue weighted by atomic mass is 16.5. The number of ether oxygens (including phenoxy) is 3. The van der Waals surface area contributed by atoms with Crippen LogP contribution < -0.4 is 14.2 Å². The fourth-order valence-corrected chi connectivity index (χ4v) is 4.71. The lowest BCUT2D eigenvalue weighted by Crippen LogP contribution is -2.58. The normalized spacial score (nSPS) is 22.5. The van der Waals surface area contributed by atoms with Crippen LogP contribution in [0.1, 0.15) is 36.4 Å². The van der Waals surface area contributed by atoms with E-state index < -0.39 is 5.72 Å². The van der Waals surface area contributed by atoms with Crippen molar-refractivity contribution < 1.29 is 14.2 Å². The number of nitrogens with zero attached hydrogens (tertiary/aromatic N) is 3. The molecule has 0 bridgehead atoms. The van der Waals surface area contributed by atoms with Crippen LogP contribution in [0.5, 0.6) is 17.2 Å². The van der Waals surface area contributed by atoms with E-state index in [1.165, 1.54) is 0 Å². The van der Waals surface area contributed by atoms with Crippen molar-refractivity contribution in [1.29, 1.82) is 0 Å². The molecule has 0 N–H and O–H groups in total. The summed E-state index contributed by atoms with van der Waals surface area (Å²) in [6.45, 7) is 1.97. The molecule has 0 amide bonds. The summed E-state index contributed by atoms with van der Waals surface area (Å²) >= 11 is 0. The van der Waals surface area contributed by atoms with E-state index in [1.807, 2.05) is 24.3 Å². The summed E-state index contributed by atoms with van der Waals surface area (Å²) in [7, 11) is 5.57. The second-order valence-electron chi connectivity index (χ2n) is 8.07. The predicted octanol–water partition coefficient (Wildman–Crippen LogP) is 3.67. The molecule has 3 aliphatic heterocycles. The van der Waals surface area contributed by atoms with Crippen LogP contribution in [-0.2, 0) is 0 Å². The Balaban J connectivity index is 1.59. The number of methoxy groups -OCH3 is 2. The summed E-state index contributed by atoms with van der Waals surface area (Å²) in [5, 5.41) is 7.35. The lowest BCUT2D eigenvalue weighted by molar-refractivity contribution is -0.148. The Morgan fingerprint density at radius 3 is 2.62 bits per heavy atom. The molecular weight excluding hydrogens is 366 g/mol. The lowest BCUT2D eigenvalue weighted by atomic mass is 9.90. The van der Waals surface area contributed by atoms with E-state index in [1.54, 1.807) is 14.2 Å². The highest BCUT2D eigenvalue weighted by molar-refractivity contribution is 6.02. The number of benzene rings is 2. The molecule has 6 nitrogen and oxygen atoms in total. The lowest BCUT2D eigenvalue weighted by Gasteiger charge is -2.50. The Hall–Kier alpha value is -2.73. The molecule has 1 spiro atoms. The first-order chi connectivity index (χ1) is 14.1. The third-order valence-corrected chi connectivity index (χ3v) is 6.38. The fraction of sp³-hybridized carbons (Fsp3) is 0.435. The van der Waals surface area contributed by atoms with Crippen LogP contribution in [-0.4, -0.2) is 55.7 Å². The molecule has 1 fully saturated rings. The molecule has 1 saturated heterocycles. The van der Waals surface area contributed by atoms with E-state index in [4.69, 9.17) is 19.3 Å². The van der Waals surface area contributed by atoms with Gasteiger partial charge in [0.15, 0.2) is 11.5 Å². The quantitative estimate of drug-likeness (QED) is 0.796. The summed E-state index contributed by atoms with van der Waals surface area (Å²) in [4.78, 5) is 2.35.